The van der Waals surface area contributed by atoms with Gasteiger partial charge in [-0.15, -0.1) is 11.8 Å². The number of carboxylic acids is 1. The average Bonchev–Trinajstić information content (AvgIpc) is 2.93. The van der Waals surface area contributed by atoms with Crippen LogP contribution in [0.2, 0.25) is 0 Å². The molecule has 0 aromatic rings. The maximum Gasteiger partial charge on any atom is 0.303 e. The van der Waals surface area contributed by atoms with Gasteiger partial charge in [-0.3, -0.25) is 4.79 Å². The number of unbranched alkanes of at least 4 members (excludes halogenated alkanes) is 6. The highest BCUT2D eigenvalue weighted by Crippen LogP contribution is 2.35. The summed E-state index contributed by atoms with van der Waals surface area (Å²) in [4.78, 5) is 12.0. The molecule has 0 aromatic heterocycles. The Kier molecular flexibility index (Phi) is 11.3. The summed E-state index contributed by atoms with van der Waals surface area (Å²) in [5, 5.41) is 8.61. The highest BCUT2D eigenvalue weighted by molar-refractivity contribution is 8.03. The number of carboxylic acid groups (broad SMARTS) is 1. The lowest BCUT2D eigenvalue weighted by molar-refractivity contribution is -0.137. The Bertz CT molecular complexity index is 360. The van der Waals surface area contributed by atoms with Gasteiger partial charge in [-0.2, -0.15) is 0 Å². The number of aliphatic carboxylic acids is 1. The first kappa shape index (κ1) is 19.3. The van der Waals surface area contributed by atoms with Crippen LogP contribution in [0.25, 0.3) is 0 Å². The van der Waals surface area contributed by atoms with Crippen molar-refractivity contribution in [2.24, 2.45) is 5.92 Å². The van der Waals surface area contributed by atoms with Crippen LogP contribution in [0.15, 0.2) is 23.1 Å². The predicted octanol–water partition coefficient (Wildman–Crippen LogP) is 6.19. The monoisotopic (exact) mass is 324 g/mol. The predicted molar refractivity (Wildman–Crippen MR) is 97.3 cm³/mol. The van der Waals surface area contributed by atoms with E-state index < -0.39 is 5.97 Å². The maximum absolute atomic E-state index is 10.4. The first-order chi connectivity index (χ1) is 10.7. The highest BCUT2D eigenvalue weighted by Gasteiger charge is 2.16. The minimum atomic E-state index is -0.671. The van der Waals surface area contributed by atoms with Crippen molar-refractivity contribution in [3.05, 3.63) is 23.1 Å². The van der Waals surface area contributed by atoms with E-state index in [0.29, 0.717) is 12.3 Å². The van der Waals surface area contributed by atoms with Gasteiger partial charge in [-0.25, -0.2) is 0 Å². The second-order valence-corrected chi connectivity index (χ2v) is 7.29. The van der Waals surface area contributed by atoms with Crippen LogP contribution in [0, 0.1) is 5.92 Å². The average molecular weight is 325 g/mol. The lowest BCUT2D eigenvalue weighted by atomic mass is 10.1. The van der Waals surface area contributed by atoms with Crippen molar-refractivity contribution in [1.82, 2.24) is 0 Å². The largest absolute Gasteiger partial charge is 0.481 e. The minimum absolute atomic E-state index is 0.316. The smallest absolute Gasteiger partial charge is 0.303 e. The highest BCUT2D eigenvalue weighted by atomic mass is 32.2. The van der Waals surface area contributed by atoms with E-state index in [1.165, 1.54) is 44.9 Å². The van der Waals surface area contributed by atoms with Crippen molar-refractivity contribution in [3.8, 4) is 0 Å². The molecule has 2 nitrogen and oxygen atoms in total. The third-order valence-electron chi connectivity index (χ3n) is 4.09. The molecule has 22 heavy (non-hydrogen) atoms. The zero-order valence-corrected chi connectivity index (χ0v) is 14.9. The van der Waals surface area contributed by atoms with Gasteiger partial charge >= 0.3 is 5.97 Å². The third-order valence-corrected chi connectivity index (χ3v) is 5.38. The van der Waals surface area contributed by atoms with Crippen LogP contribution < -0.4 is 0 Å². The summed E-state index contributed by atoms with van der Waals surface area (Å²) in [6.07, 6.45) is 19.6. The van der Waals surface area contributed by atoms with Gasteiger partial charge in [0.25, 0.3) is 0 Å². The van der Waals surface area contributed by atoms with Gasteiger partial charge in [0.1, 0.15) is 0 Å². The van der Waals surface area contributed by atoms with Gasteiger partial charge in [0.15, 0.2) is 0 Å². The summed E-state index contributed by atoms with van der Waals surface area (Å²) in [6, 6.07) is 0. The summed E-state index contributed by atoms with van der Waals surface area (Å²) in [5.74, 6) is 1.11. The molecule has 126 valence electrons. The molecule has 1 atom stereocenters. The molecule has 0 aliphatic heterocycles. The van der Waals surface area contributed by atoms with Crippen molar-refractivity contribution in [1.29, 1.82) is 0 Å². The number of hydrogen-bond donors (Lipinski definition) is 1. The van der Waals surface area contributed by atoms with E-state index in [1.54, 1.807) is 4.91 Å². The van der Waals surface area contributed by atoms with Crippen molar-refractivity contribution >= 4 is 17.7 Å². The zero-order chi connectivity index (χ0) is 16.0. The van der Waals surface area contributed by atoms with Gasteiger partial charge in [0, 0.05) is 12.3 Å². The number of thioether (sulfide) groups is 1. The van der Waals surface area contributed by atoms with Gasteiger partial charge in [-0.1, -0.05) is 50.8 Å². The van der Waals surface area contributed by atoms with Crippen LogP contribution in [0.3, 0.4) is 0 Å². The Morgan fingerprint density at radius 2 is 2.09 bits per heavy atom. The molecule has 0 radical (unpaired) electrons. The summed E-state index contributed by atoms with van der Waals surface area (Å²) in [6.45, 7) is 2.25. The first-order valence-corrected chi connectivity index (χ1v) is 9.94. The van der Waals surface area contributed by atoms with E-state index in [-0.39, 0.29) is 0 Å². The molecule has 0 heterocycles. The second kappa shape index (κ2) is 12.8. The molecule has 1 N–H and O–H groups in total. The Balaban J connectivity index is 2.09. The van der Waals surface area contributed by atoms with Crippen LogP contribution >= 0.6 is 11.8 Å². The Morgan fingerprint density at radius 3 is 2.86 bits per heavy atom. The molecule has 1 rings (SSSR count). The number of allylic oxidation sites excluding steroid dienone is 4. The minimum Gasteiger partial charge on any atom is -0.481 e. The third kappa shape index (κ3) is 9.34. The summed E-state index contributed by atoms with van der Waals surface area (Å²) in [7, 11) is 0. The van der Waals surface area contributed by atoms with E-state index in [9.17, 15) is 4.79 Å². The molecule has 1 aliphatic carbocycles. The molecule has 0 saturated carbocycles. The Labute approximate surface area is 140 Å². The van der Waals surface area contributed by atoms with Gasteiger partial charge in [0.2, 0.25) is 0 Å². The SMILES string of the molecule is CCCCCCC=C[C@H]1CCC=C1SCCCCCC(=O)O. The standard InChI is InChI=1S/C19H32O2S/c1-2-3-4-5-6-8-12-17-13-11-14-18(17)22-16-10-7-9-15-19(20)21/h8,12,14,17H,2-7,9-11,13,15-16H2,1H3,(H,20,21)/t17-/m0/s1. The quantitative estimate of drug-likeness (QED) is 0.324. The van der Waals surface area contributed by atoms with Crippen molar-refractivity contribution in [2.75, 3.05) is 5.75 Å². The lowest BCUT2D eigenvalue weighted by Gasteiger charge is -2.10. The van der Waals surface area contributed by atoms with E-state index in [0.717, 1.165) is 25.0 Å². The number of hydrogen-bond acceptors (Lipinski definition) is 2. The van der Waals surface area contributed by atoms with Crippen LogP contribution in [0.1, 0.15) is 77.6 Å². The topological polar surface area (TPSA) is 37.3 Å². The number of rotatable bonds is 13. The molecule has 0 bridgehead atoms. The Hall–Kier alpha value is -0.700. The van der Waals surface area contributed by atoms with E-state index >= 15 is 0 Å². The maximum atomic E-state index is 10.4. The van der Waals surface area contributed by atoms with Crippen molar-refractivity contribution in [3.63, 3.8) is 0 Å². The summed E-state index contributed by atoms with van der Waals surface area (Å²) < 4.78 is 0. The molecular weight excluding hydrogens is 292 g/mol. The van der Waals surface area contributed by atoms with E-state index in [2.05, 4.69) is 25.2 Å². The Morgan fingerprint density at radius 1 is 1.27 bits per heavy atom. The second-order valence-electron chi connectivity index (χ2n) is 6.12. The van der Waals surface area contributed by atoms with Crippen molar-refractivity contribution < 1.29 is 9.90 Å². The first-order valence-electron chi connectivity index (χ1n) is 8.95. The lowest BCUT2D eigenvalue weighted by Crippen LogP contribution is -1.95. The summed E-state index contributed by atoms with van der Waals surface area (Å²) in [5.41, 5.74) is 0. The fourth-order valence-corrected chi connectivity index (χ4v) is 3.98. The molecule has 0 amide bonds. The van der Waals surface area contributed by atoms with Crippen LogP contribution in [0.4, 0.5) is 0 Å². The van der Waals surface area contributed by atoms with Crippen LogP contribution in [-0.2, 0) is 4.79 Å². The zero-order valence-electron chi connectivity index (χ0n) is 14.1. The molecule has 3 heteroatoms. The van der Waals surface area contributed by atoms with E-state index in [4.69, 9.17) is 5.11 Å². The molecule has 1 aliphatic rings. The molecule has 0 fully saturated rings. The van der Waals surface area contributed by atoms with Crippen LogP contribution in [-0.4, -0.2) is 16.8 Å². The van der Waals surface area contributed by atoms with Gasteiger partial charge in [0.05, 0.1) is 0 Å². The molecule has 0 spiro atoms. The van der Waals surface area contributed by atoms with Crippen LogP contribution in [0.5, 0.6) is 0 Å². The number of carbonyl (C=O) groups is 1. The van der Waals surface area contributed by atoms with E-state index in [1.807, 2.05) is 11.8 Å². The summed E-state index contributed by atoms with van der Waals surface area (Å²) >= 11 is 1.99. The normalized spacial score (nSPS) is 18.0. The molecule has 0 saturated heterocycles. The molecule has 0 unspecified atom stereocenters. The molecule has 0 aromatic carbocycles. The fourth-order valence-electron chi connectivity index (χ4n) is 2.75. The van der Waals surface area contributed by atoms with Gasteiger partial charge in [-0.05, 0) is 49.2 Å². The van der Waals surface area contributed by atoms with Crippen molar-refractivity contribution in [2.45, 2.75) is 77.6 Å². The van der Waals surface area contributed by atoms with Gasteiger partial charge < -0.3 is 5.11 Å². The fraction of sp³-hybridized carbons (Fsp3) is 0.737. The molecular formula is C19H32O2S.